The number of carbonyl (C=O) groups excluding carboxylic acids is 1. The number of aliphatic hydroxyl groups excluding tert-OH is 1. The van der Waals surface area contributed by atoms with Gasteiger partial charge in [-0.3, -0.25) is 4.79 Å². The Morgan fingerprint density at radius 2 is 2.62 bits per heavy atom. The molecule has 2 rings (SSSR count). The van der Waals surface area contributed by atoms with Crippen LogP contribution in [0, 0.1) is 5.92 Å². The van der Waals surface area contributed by atoms with Crippen molar-refractivity contribution in [1.82, 2.24) is 5.32 Å². The Kier molecular flexibility index (Phi) is 2.06. The second-order valence-electron chi connectivity index (χ2n) is 3.27. The largest absolute Gasteiger partial charge is 0.472 e. The van der Waals surface area contributed by atoms with Crippen LogP contribution in [0.4, 0.5) is 0 Å². The molecule has 13 heavy (non-hydrogen) atoms. The Morgan fingerprint density at radius 1 is 1.77 bits per heavy atom. The molecule has 1 heterocycles. The van der Waals surface area contributed by atoms with E-state index in [1.54, 1.807) is 6.07 Å². The summed E-state index contributed by atoms with van der Waals surface area (Å²) in [6.45, 7) is 0.149. The van der Waals surface area contributed by atoms with Gasteiger partial charge in [0, 0.05) is 18.6 Å². The summed E-state index contributed by atoms with van der Waals surface area (Å²) in [4.78, 5) is 11.4. The van der Waals surface area contributed by atoms with Gasteiger partial charge in [0.15, 0.2) is 0 Å². The molecule has 1 amide bonds. The normalized spacial score (nSPS) is 25.6. The first-order valence-corrected chi connectivity index (χ1v) is 4.25. The lowest BCUT2D eigenvalue weighted by Crippen LogP contribution is -2.26. The molecule has 1 fully saturated rings. The highest BCUT2D eigenvalue weighted by Crippen LogP contribution is 2.29. The third-order valence-electron chi connectivity index (χ3n) is 2.26. The van der Waals surface area contributed by atoms with Gasteiger partial charge in [0.05, 0.1) is 11.8 Å². The molecule has 1 aromatic rings. The smallest absolute Gasteiger partial charge is 0.254 e. The Hall–Kier alpha value is -1.29. The van der Waals surface area contributed by atoms with Gasteiger partial charge in [0.2, 0.25) is 0 Å². The van der Waals surface area contributed by atoms with E-state index in [-0.39, 0.29) is 24.5 Å². The van der Waals surface area contributed by atoms with Crippen LogP contribution in [-0.2, 0) is 0 Å². The molecule has 0 aliphatic heterocycles. The molecular formula is C9H11NO3. The quantitative estimate of drug-likeness (QED) is 0.709. The van der Waals surface area contributed by atoms with Crippen molar-refractivity contribution in [2.75, 3.05) is 6.61 Å². The number of furan rings is 1. The predicted octanol–water partition coefficient (Wildman–Crippen LogP) is 0.390. The van der Waals surface area contributed by atoms with Crippen LogP contribution in [0.5, 0.6) is 0 Å². The molecule has 2 atom stereocenters. The highest BCUT2D eigenvalue weighted by Gasteiger charge is 2.37. The van der Waals surface area contributed by atoms with E-state index in [1.165, 1.54) is 12.5 Å². The predicted molar refractivity (Wildman–Crippen MR) is 45.2 cm³/mol. The first kappa shape index (κ1) is 8.31. The zero-order valence-corrected chi connectivity index (χ0v) is 7.06. The van der Waals surface area contributed by atoms with E-state index in [2.05, 4.69) is 5.32 Å². The van der Waals surface area contributed by atoms with E-state index in [9.17, 15) is 4.79 Å². The first-order chi connectivity index (χ1) is 6.31. The summed E-state index contributed by atoms with van der Waals surface area (Å²) >= 11 is 0. The number of rotatable bonds is 3. The van der Waals surface area contributed by atoms with Crippen molar-refractivity contribution in [3.8, 4) is 0 Å². The fourth-order valence-corrected chi connectivity index (χ4v) is 1.27. The molecule has 0 spiro atoms. The molecule has 2 N–H and O–H groups in total. The molecule has 1 saturated carbocycles. The maximum atomic E-state index is 11.4. The zero-order valence-electron chi connectivity index (χ0n) is 7.06. The van der Waals surface area contributed by atoms with Gasteiger partial charge < -0.3 is 14.8 Å². The lowest BCUT2D eigenvalue weighted by Gasteiger charge is -2.00. The van der Waals surface area contributed by atoms with Crippen LogP contribution in [-0.4, -0.2) is 23.7 Å². The van der Waals surface area contributed by atoms with Gasteiger partial charge in [-0.1, -0.05) is 0 Å². The molecule has 0 saturated heterocycles. The topological polar surface area (TPSA) is 62.5 Å². The standard InChI is InChI=1S/C9H11NO3/c11-4-7-3-8(7)10-9(12)6-1-2-13-5-6/h1-2,5,7-8,11H,3-4H2,(H,10,12). The fraction of sp³-hybridized carbons (Fsp3) is 0.444. The second-order valence-corrected chi connectivity index (χ2v) is 3.27. The number of nitrogens with one attached hydrogen (secondary N) is 1. The molecule has 4 nitrogen and oxygen atoms in total. The average Bonchev–Trinajstić information content (AvgIpc) is 2.68. The van der Waals surface area contributed by atoms with Gasteiger partial charge >= 0.3 is 0 Å². The summed E-state index contributed by atoms with van der Waals surface area (Å²) in [5, 5.41) is 11.5. The van der Waals surface area contributed by atoms with Crippen molar-refractivity contribution in [3.05, 3.63) is 24.2 Å². The second kappa shape index (κ2) is 3.22. The van der Waals surface area contributed by atoms with Crippen LogP contribution in [0.2, 0.25) is 0 Å². The van der Waals surface area contributed by atoms with Gasteiger partial charge in [-0.25, -0.2) is 0 Å². The van der Waals surface area contributed by atoms with Crippen LogP contribution in [0.1, 0.15) is 16.8 Å². The van der Waals surface area contributed by atoms with Gasteiger partial charge in [0.1, 0.15) is 6.26 Å². The van der Waals surface area contributed by atoms with Crippen LogP contribution in [0.25, 0.3) is 0 Å². The molecule has 1 aromatic heterocycles. The van der Waals surface area contributed by atoms with Crippen molar-refractivity contribution in [2.45, 2.75) is 12.5 Å². The van der Waals surface area contributed by atoms with Crippen LogP contribution in [0.3, 0.4) is 0 Å². The molecule has 1 aliphatic rings. The number of amides is 1. The minimum absolute atomic E-state index is 0.130. The minimum atomic E-state index is -0.130. The highest BCUT2D eigenvalue weighted by atomic mass is 16.3. The summed E-state index contributed by atoms with van der Waals surface area (Å²) in [5.41, 5.74) is 0.531. The average molecular weight is 181 g/mol. The summed E-state index contributed by atoms with van der Waals surface area (Å²) < 4.78 is 4.78. The zero-order chi connectivity index (χ0) is 9.26. The van der Waals surface area contributed by atoms with E-state index < -0.39 is 0 Å². The number of hydrogen-bond donors (Lipinski definition) is 2. The SMILES string of the molecule is O=C(NC1CC1CO)c1ccoc1. The molecule has 70 valence electrons. The number of hydrogen-bond acceptors (Lipinski definition) is 3. The maximum absolute atomic E-state index is 11.4. The van der Waals surface area contributed by atoms with Crippen LogP contribution in [0.15, 0.2) is 23.0 Å². The lowest BCUT2D eigenvalue weighted by molar-refractivity contribution is 0.0947. The minimum Gasteiger partial charge on any atom is -0.472 e. The third-order valence-corrected chi connectivity index (χ3v) is 2.26. The van der Waals surface area contributed by atoms with Crippen molar-refractivity contribution in [2.24, 2.45) is 5.92 Å². The van der Waals surface area contributed by atoms with E-state index in [0.29, 0.717) is 5.56 Å². The fourth-order valence-electron chi connectivity index (χ4n) is 1.27. The van der Waals surface area contributed by atoms with Gasteiger partial charge in [-0.2, -0.15) is 0 Å². The van der Waals surface area contributed by atoms with E-state index in [4.69, 9.17) is 9.52 Å². The molecular weight excluding hydrogens is 170 g/mol. The van der Waals surface area contributed by atoms with Crippen molar-refractivity contribution in [1.29, 1.82) is 0 Å². The summed E-state index contributed by atoms with van der Waals surface area (Å²) in [6, 6.07) is 1.76. The highest BCUT2D eigenvalue weighted by molar-refractivity contribution is 5.94. The van der Waals surface area contributed by atoms with Crippen LogP contribution >= 0.6 is 0 Å². The molecule has 0 bridgehead atoms. The van der Waals surface area contributed by atoms with E-state index in [1.807, 2.05) is 0 Å². The van der Waals surface area contributed by atoms with Crippen molar-refractivity contribution >= 4 is 5.91 Å². The molecule has 1 aliphatic carbocycles. The monoisotopic (exact) mass is 181 g/mol. The van der Waals surface area contributed by atoms with Gasteiger partial charge in [-0.15, -0.1) is 0 Å². The summed E-state index contributed by atoms with van der Waals surface area (Å²) in [7, 11) is 0. The Bertz CT molecular complexity index is 294. The van der Waals surface area contributed by atoms with E-state index in [0.717, 1.165) is 6.42 Å². The van der Waals surface area contributed by atoms with Crippen molar-refractivity contribution < 1.29 is 14.3 Å². The van der Waals surface area contributed by atoms with Crippen LogP contribution < -0.4 is 5.32 Å². The van der Waals surface area contributed by atoms with Crippen molar-refractivity contribution in [3.63, 3.8) is 0 Å². The molecule has 0 radical (unpaired) electrons. The molecule has 2 unspecified atom stereocenters. The molecule has 0 aromatic carbocycles. The van der Waals surface area contributed by atoms with Gasteiger partial charge in [-0.05, 0) is 12.5 Å². The molecule has 4 heteroatoms. The first-order valence-electron chi connectivity index (χ1n) is 4.25. The Labute approximate surface area is 75.6 Å². The van der Waals surface area contributed by atoms with E-state index >= 15 is 0 Å². The number of carbonyl (C=O) groups is 1. The lowest BCUT2D eigenvalue weighted by atomic mass is 10.3. The maximum Gasteiger partial charge on any atom is 0.254 e. The summed E-state index contributed by atoms with van der Waals surface area (Å²) in [6.07, 6.45) is 3.75. The van der Waals surface area contributed by atoms with Gasteiger partial charge in [0.25, 0.3) is 5.91 Å². The summed E-state index contributed by atoms with van der Waals surface area (Å²) in [5.74, 6) is 0.116. The number of aliphatic hydroxyl groups is 1. The Balaban J connectivity index is 1.87. The Morgan fingerprint density at radius 3 is 3.15 bits per heavy atom. The third kappa shape index (κ3) is 1.72.